The number of ether oxygens (including phenoxy) is 1. The summed E-state index contributed by atoms with van der Waals surface area (Å²) in [5.41, 5.74) is 1.98. The second-order valence-electron chi connectivity index (χ2n) is 7.28. The van der Waals surface area contributed by atoms with E-state index >= 15 is 0 Å². The Morgan fingerprint density at radius 3 is 2.23 bits per heavy atom. The molecule has 5 heteroatoms. The van der Waals surface area contributed by atoms with Crippen LogP contribution >= 0.6 is 0 Å². The second-order valence-corrected chi connectivity index (χ2v) is 7.28. The first-order valence-electron chi connectivity index (χ1n) is 8.80. The van der Waals surface area contributed by atoms with Gasteiger partial charge in [-0.05, 0) is 69.1 Å². The Bertz CT molecular complexity index is 691. The molecule has 0 aliphatic carbocycles. The van der Waals surface area contributed by atoms with E-state index in [1.54, 1.807) is 12.1 Å². The summed E-state index contributed by atoms with van der Waals surface area (Å²) in [6.07, 6.45) is 0.852. The highest BCUT2D eigenvalue weighted by Gasteiger charge is 2.13. The molecule has 2 aromatic carbocycles. The van der Waals surface area contributed by atoms with Crippen molar-refractivity contribution >= 4 is 5.91 Å². The Hall–Kier alpha value is -2.40. The summed E-state index contributed by atoms with van der Waals surface area (Å²) in [6.45, 7) is 7.36. The third kappa shape index (κ3) is 7.66. The fourth-order valence-corrected chi connectivity index (χ4v) is 2.42. The summed E-state index contributed by atoms with van der Waals surface area (Å²) < 4.78 is 18.4. The minimum Gasteiger partial charge on any atom is -0.484 e. The molecule has 0 saturated heterocycles. The number of rotatable bonds is 8. The molecule has 1 amide bonds. The first-order chi connectivity index (χ1) is 12.3. The molecule has 0 aromatic heterocycles. The van der Waals surface area contributed by atoms with E-state index in [1.807, 2.05) is 45.0 Å². The second kappa shape index (κ2) is 9.34. The van der Waals surface area contributed by atoms with Crippen LogP contribution in [0.25, 0.3) is 0 Å². The van der Waals surface area contributed by atoms with Gasteiger partial charge in [0.15, 0.2) is 6.61 Å². The van der Waals surface area contributed by atoms with Crippen molar-refractivity contribution in [3.63, 3.8) is 0 Å². The van der Waals surface area contributed by atoms with Crippen LogP contribution in [0.1, 0.15) is 31.9 Å². The molecule has 2 rings (SSSR count). The molecule has 0 unspecified atom stereocenters. The lowest BCUT2D eigenvalue weighted by Gasteiger charge is -2.20. The quantitative estimate of drug-likeness (QED) is 0.711. The van der Waals surface area contributed by atoms with Crippen molar-refractivity contribution in [2.45, 2.75) is 39.3 Å². The molecule has 0 saturated carbocycles. The van der Waals surface area contributed by atoms with Crippen LogP contribution in [0.2, 0.25) is 0 Å². The maximum Gasteiger partial charge on any atom is 0.258 e. The minimum absolute atomic E-state index is 0.00648. The maximum absolute atomic E-state index is 12.9. The molecule has 26 heavy (non-hydrogen) atoms. The third-order valence-corrected chi connectivity index (χ3v) is 3.64. The SMILES string of the molecule is CC(C)(C)NC(=O)COc1ccc(CNCCc2ccc(F)cc2)cc1. The molecule has 2 aromatic rings. The van der Waals surface area contributed by atoms with Crippen LogP contribution in [-0.4, -0.2) is 24.6 Å². The molecule has 0 atom stereocenters. The van der Waals surface area contributed by atoms with E-state index in [1.165, 1.54) is 12.1 Å². The van der Waals surface area contributed by atoms with Crippen molar-refractivity contribution in [3.05, 3.63) is 65.5 Å². The lowest BCUT2D eigenvalue weighted by atomic mass is 10.1. The predicted molar refractivity (Wildman–Crippen MR) is 102 cm³/mol. The summed E-state index contributed by atoms with van der Waals surface area (Å²) >= 11 is 0. The third-order valence-electron chi connectivity index (χ3n) is 3.64. The Morgan fingerprint density at radius 1 is 1.00 bits per heavy atom. The van der Waals surface area contributed by atoms with Gasteiger partial charge in [-0.25, -0.2) is 4.39 Å². The molecular weight excluding hydrogens is 331 g/mol. The van der Waals surface area contributed by atoms with Crippen LogP contribution in [0.15, 0.2) is 48.5 Å². The van der Waals surface area contributed by atoms with E-state index in [0.29, 0.717) is 5.75 Å². The number of hydrogen-bond donors (Lipinski definition) is 2. The molecule has 0 aliphatic heterocycles. The highest BCUT2D eigenvalue weighted by Crippen LogP contribution is 2.12. The molecule has 0 fully saturated rings. The smallest absolute Gasteiger partial charge is 0.258 e. The highest BCUT2D eigenvalue weighted by atomic mass is 19.1. The molecule has 0 bridgehead atoms. The summed E-state index contributed by atoms with van der Waals surface area (Å²) in [4.78, 5) is 11.7. The zero-order valence-corrected chi connectivity index (χ0v) is 15.6. The van der Waals surface area contributed by atoms with E-state index < -0.39 is 0 Å². The lowest BCUT2D eigenvalue weighted by Crippen LogP contribution is -2.43. The fraction of sp³-hybridized carbons (Fsp3) is 0.381. The Morgan fingerprint density at radius 2 is 1.62 bits per heavy atom. The van der Waals surface area contributed by atoms with Crippen LogP contribution in [-0.2, 0) is 17.8 Å². The van der Waals surface area contributed by atoms with E-state index in [9.17, 15) is 9.18 Å². The van der Waals surface area contributed by atoms with Crippen LogP contribution < -0.4 is 15.4 Å². The van der Waals surface area contributed by atoms with Gasteiger partial charge in [-0.2, -0.15) is 0 Å². The standard InChI is InChI=1S/C21H27FN2O2/c1-21(2,3)24-20(25)15-26-19-10-6-17(7-11-19)14-23-13-12-16-4-8-18(22)9-5-16/h4-11,23H,12-15H2,1-3H3,(H,24,25). The van der Waals surface area contributed by atoms with Crippen molar-refractivity contribution in [2.24, 2.45) is 0 Å². The molecule has 140 valence electrons. The molecular formula is C21H27FN2O2. The van der Waals surface area contributed by atoms with Gasteiger partial charge in [-0.3, -0.25) is 4.79 Å². The summed E-state index contributed by atoms with van der Waals surface area (Å²) in [5, 5.41) is 6.22. The van der Waals surface area contributed by atoms with Gasteiger partial charge in [0, 0.05) is 12.1 Å². The molecule has 0 radical (unpaired) electrons. The van der Waals surface area contributed by atoms with Crippen LogP contribution in [0.4, 0.5) is 4.39 Å². The number of halogens is 1. The summed E-state index contributed by atoms with van der Waals surface area (Å²) in [6, 6.07) is 14.2. The number of hydrogen-bond acceptors (Lipinski definition) is 3. The topological polar surface area (TPSA) is 50.4 Å². The molecule has 0 spiro atoms. The van der Waals surface area contributed by atoms with Crippen molar-refractivity contribution in [2.75, 3.05) is 13.2 Å². The molecule has 0 heterocycles. The number of amides is 1. The average molecular weight is 358 g/mol. The van der Waals surface area contributed by atoms with Crippen molar-refractivity contribution in [1.82, 2.24) is 10.6 Å². The van der Waals surface area contributed by atoms with Gasteiger partial charge in [0.2, 0.25) is 0 Å². The van der Waals surface area contributed by atoms with Crippen molar-refractivity contribution < 1.29 is 13.9 Å². The number of carbonyl (C=O) groups excluding carboxylic acids is 1. The van der Waals surface area contributed by atoms with Gasteiger partial charge in [0.25, 0.3) is 5.91 Å². The predicted octanol–water partition coefficient (Wildman–Crippen LogP) is 3.45. The Balaban J connectivity index is 1.68. The van der Waals surface area contributed by atoms with Crippen LogP contribution in [0.5, 0.6) is 5.75 Å². The highest BCUT2D eigenvalue weighted by molar-refractivity contribution is 5.78. The van der Waals surface area contributed by atoms with Gasteiger partial charge in [-0.15, -0.1) is 0 Å². The van der Waals surface area contributed by atoms with Gasteiger partial charge < -0.3 is 15.4 Å². The van der Waals surface area contributed by atoms with Gasteiger partial charge in [0.05, 0.1) is 0 Å². The van der Waals surface area contributed by atoms with Crippen molar-refractivity contribution in [3.8, 4) is 5.75 Å². The minimum atomic E-state index is -0.260. The Labute approximate surface area is 154 Å². The molecule has 2 N–H and O–H groups in total. The van der Waals surface area contributed by atoms with Gasteiger partial charge in [0.1, 0.15) is 11.6 Å². The molecule has 0 aliphatic rings. The summed E-state index contributed by atoms with van der Waals surface area (Å²) in [5.74, 6) is 0.327. The average Bonchev–Trinajstić information content (AvgIpc) is 2.58. The zero-order chi connectivity index (χ0) is 19.0. The van der Waals surface area contributed by atoms with Crippen molar-refractivity contribution in [1.29, 1.82) is 0 Å². The summed E-state index contributed by atoms with van der Waals surface area (Å²) in [7, 11) is 0. The van der Waals surface area contributed by atoms with E-state index in [4.69, 9.17) is 4.74 Å². The largest absolute Gasteiger partial charge is 0.484 e. The number of nitrogens with one attached hydrogen (secondary N) is 2. The number of benzene rings is 2. The first kappa shape index (κ1) is 19.9. The van der Waals surface area contributed by atoms with Crippen LogP contribution in [0, 0.1) is 5.82 Å². The fourth-order valence-electron chi connectivity index (χ4n) is 2.42. The first-order valence-corrected chi connectivity index (χ1v) is 8.80. The number of carbonyl (C=O) groups is 1. The Kier molecular flexibility index (Phi) is 7.16. The zero-order valence-electron chi connectivity index (χ0n) is 15.6. The maximum atomic E-state index is 12.9. The van der Waals surface area contributed by atoms with E-state index in [2.05, 4.69) is 10.6 Å². The normalized spacial score (nSPS) is 11.2. The molecule has 4 nitrogen and oxygen atoms in total. The van der Waals surface area contributed by atoms with E-state index in [0.717, 1.165) is 30.6 Å². The lowest BCUT2D eigenvalue weighted by molar-refractivity contribution is -0.124. The van der Waals surface area contributed by atoms with E-state index in [-0.39, 0.29) is 23.9 Å². The van der Waals surface area contributed by atoms with Crippen LogP contribution in [0.3, 0.4) is 0 Å². The monoisotopic (exact) mass is 358 g/mol. The van der Waals surface area contributed by atoms with Gasteiger partial charge in [-0.1, -0.05) is 24.3 Å². The van der Waals surface area contributed by atoms with Gasteiger partial charge >= 0.3 is 0 Å².